The maximum absolute atomic E-state index is 13.1. The van der Waals surface area contributed by atoms with Crippen LogP contribution in [0.5, 0.6) is 11.5 Å². The summed E-state index contributed by atoms with van der Waals surface area (Å²) >= 11 is 0. The molecular formula is C14H9F6N3O3. The second-order valence-electron chi connectivity index (χ2n) is 4.96. The lowest BCUT2D eigenvalue weighted by Gasteiger charge is -2.14. The van der Waals surface area contributed by atoms with E-state index in [1.807, 2.05) is 4.98 Å². The van der Waals surface area contributed by atoms with E-state index in [0.717, 1.165) is 12.1 Å². The lowest BCUT2D eigenvalue weighted by molar-refractivity contribution is -0.143. The number of hydrogen-bond donors (Lipinski definition) is 2. The van der Waals surface area contributed by atoms with Gasteiger partial charge >= 0.3 is 12.4 Å². The first kappa shape index (κ1) is 19.3. The Kier molecular flexibility index (Phi) is 4.96. The Morgan fingerprint density at radius 3 is 2.35 bits per heavy atom. The van der Waals surface area contributed by atoms with Crippen LogP contribution in [-0.2, 0) is 23.6 Å². The van der Waals surface area contributed by atoms with Crippen LogP contribution in [0.3, 0.4) is 0 Å². The van der Waals surface area contributed by atoms with Crippen molar-refractivity contribution in [2.24, 2.45) is 5.73 Å². The first-order chi connectivity index (χ1) is 11.9. The first-order valence-electron chi connectivity index (χ1n) is 6.71. The minimum Gasteiger partial charge on any atom is -0.449 e. The second-order valence-corrected chi connectivity index (χ2v) is 4.96. The van der Waals surface area contributed by atoms with Crippen LogP contribution >= 0.6 is 0 Å². The Bertz CT molecular complexity index is 889. The van der Waals surface area contributed by atoms with Crippen molar-refractivity contribution in [1.82, 2.24) is 9.97 Å². The standard InChI is InChI=1S/C14H9F6N3O3/c15-13(16,17)6-2-1-3-7(4-6)26-10-11(14(18,19)20)22-9(5-8(21)24)23-12(10)25/h1-4H,5H2,(H2,21,24)(H,22,23,25). The maximum Gasteiger partial charge on any atom is 0.437 e. The molecule has 26 heavy (non-hydrogen) atoms. The molecule has 0 unspecified atom stereocenters. The lowest BCUT2D eigenvalue weighted by Crippen LogP contribution is -2.25. The number of nitrogens with two attached hydrogens (primary N) is 1. The fourth-order valence-corrected chi connectivity index (χ4v) is 1.90. The Hall–Kier alpha value is -3.05. The zero-order valence-electron chi connectivity index (χ0n) is 12.5. The molecule has 0 saturated carbocycles. The fraction of sp³-hybridized carbons (Fsp3) is 0.214. The number of nitrogens with one attached hydrogen (secondary N) is 1. The van der Waals surface area contributed by atoms with Gasteiger partial charge in [-0.2, -0.15) is 26.3 Å². The molecule has 6 nitrogen and oxygen atoms in total. The molecule has 1 aromatic carbocycles. The van der Waals surface area contributed by atoms with Crippen LogP contribution in [0.25, 0.3) is 0 Å². The van der Waals surface area contributed by atoms with E-state index >= 15 is 0 Å². The molecule has 140 valence electrons. The third kappa shape index (κ3) is 4.52. The average molecular weight is 381 g/mol. The predicted octanol–water partition coefficient (Wildman–Crippen LogP) is 2.63. The summed E-state index contributed by atoms with van der Waals surface area (Å²) in [7, 11) is 0. The summed E-state index contributed by atoms with van der Waals surface area (Å²) < 4.78 is 82.1. The molecule has 0 spiro atoms. The van der Waals surface area contributed by atoms with E-state index in [1.165, 1.54) is 0 Å². The van der Waals surface area contributed by atoms with Crippen LogP contribution in [0.15, 0.2) is 29.1 Å². The number of H-pyrrole nitrogens is 1. The van der Waals surface area contributed by atoms with Gasteiger partial charge < -0.3 is 15.5 Å². The molecule has 1 amide bonds. The fourth-order valence-electron chi connectivity index (χ4n) is 1.90. The molecule has 1 aromatic heterocycles. The topological polar surface area (TPSA) is 98.1 Å². The number of carbonyl (C=O) groups is 1. The lowest BCUT2D eigenvalue weighted by atomic mass is 10.2. The Morgan fingerprint density at radius 2 is 1.81 bits per heavy atom. The van der Waals surface area contributed by atoms with Crippen molar-refractivity contribution in [3.05, 3.63) is 51.7 Å². The van der Waals surface area contributed by atoms with Crippen molar-refractivity contribution in [2.45, 2.75) is 18.8 Å². The van der Waals surface area contributed by atoms with Crippen LogP contribution in [0.4, 0.5) is 26.3 Å². The zero-order chi connectivity index (χ0) is 19.7. The van der Waals surface area contributed by atoms with Crippen LogP contribution in [0.1, 0.15) is 17.1 Å². The van der Waals surface area contributed by atoms with Gasteiger partial charge in [-0.3, -0.25) is 9.59 Å². The van der Waals surface area contributed by atoms with Gasteiger partial charge in [0.2, 0.25) is 11.7 Å². The number of alkyl halides is 6. The number of aromatic amines is 1. The molecule has 0 radical (unpaired) electrons. The number of benzene rings is 1. The molecule has 2 rings (SSSR count). The number of hydrogen-bond acceptors (Lipinski definition) is 4. The summed E-state index contributed by atoms with van der Waals surface area (Å²) in [6, 6.07) is 2.94. The Morgan fingerprint density at radius 1 is 1.15 bits per heavy atom. The second kappa shape index (κ2) is 6.69. The largest absolute Gasteiger partial charge is 0.449 e. The number of amides is 1. The van der Waals surface area contributed by atoms with Gasteiger partial charge in [-0.15, -0.1) is 0 Å². The van der Waals surface area contributed by atoms with Crippen molar-refractivity contribution in [1.29, 1.82) is 0 Å². The highest BCUT2D eigenvalue weighted by molar-refractivity contribution is 5.75. The summed E-state index contributed by atoms with van der Waals surface area (Å²) in [6.07, 6.45) is -10.7. The van der Waals surface area contributed by atoms with Crippen molar-refractivity contribution in [2.75, 3.05) is 0 Å². The quantitative estimate of drug-likeness (QED) is 0.796. The van der Waals surface area contributed by atoms with E-state index in [9.17, 15) is 35.9 Å². The Labute approximate surface area is 140 Å². The van der Waals surface area contributed by atoms with E-state index in [4.69, 9.17) is 10.5 Å². The van der Waals surface area contributed by atoms with Gasteiger partial charge in [0.25, 0.3) is 5.56 Å². The number of rotatable bonds is 4. The van der Waals surface area contributed by atoms with Gasteiger partial charge in [0, 0.05) is 0 Å². The van der Waals surface area contributed by atoms with Crippen molar-refractivity contribution >= 4 is 5.91 Å². The van der Waals surface area contributed by atoms with Gasteiger partial charge in [0.1, 0.15) is 11.6 Å². The molecule has 0 bridgehead atoms. The van der Waals surface area contributed by atoms with E-state index in [1.54, 1.807) is 0 Å². The molecular weight excluding hydrogens is 372 g/mol. The zero-order valence-corrected chi connectivity index (χ0v) is 12.5. The van der Waals surface area contributed by atoms with Crippen LogP contribution in [0, 0.1) is 0 Å². The van der Waals surface area contributed by atoms with E-state index in [0.29, 0.717) is 12.1 Å². The maximum atomic E-state index is 13.1. The molecule has 12 heteroatoms. The van der Waals surface area contributed by atoms with Gasteiger partial charge in [0.15, 0.2) is 5.69 Å². The van der Waals surface area contributed by atoms with E-state index in [-0.39, 0.29) is 0 Å². The monoisotopic (exact) mass is 381 g/mol. The molecule has 3 N–H and O–H groups in total. The summed E-state index contributed by atoms with van der Waals surface area (Å²) in [5, 5.41) is 0. The third-order valence-corrected chi connectivity index (χ3v) is 2.92. The molecule has 0 saturated heterocycles. The summed E-state index contributed by atoms with van der Waals surface area (Å²) in [6.45, 7) is 0. The molecule has 2 aromatic rings. The molecule has 0 aliphatic heterocycles. The number of nitrogens with zero attached hydrogens (tertiary/aromatic N) is 1. The number of carbonyl (C=O) groups excluding carboxylic acids is 1. The van der Waals surface area contributed by atoms with Gasteiger partial charge in [-0.1, -0.05) is 6.07 Å². The minimum absolute atomic E-state index is 0.427. The van der Waals surface area contributed by atoms with E-state index in [2.05, 4.69) is 4.98 Å². The van der Waals surface area contributed by atoms with Gasteiger partial charge in [-0.05, 0) is 18.2 Å². The molecule has 0 fully saturated rings. The first-order valence-corrected chi connectivity index (χ1v) is 6.71. The van der Waals surface area contributed by atoms with Crippen LogP contribution in [0.2, 0.25) is 0 Å². The molecule has 0 aliphatic rings. The Balaban J connectivity index is 2.53. The van der Waals surface area contributed by atoms with Crippen LogP contribution < -0.4 is 16.0 Å². The number of primary amides is 1. The van der Waals surface area contributed by atoms with Crippen molar-refractivity contribution in [3.8, 4) is 11.5 Å². The third-order valence-electron chi connectivity index (χ3n) is 2.92. The predicted molar refractivity (Wildman–Crippen MR) is 74.3 cm³/mol. The number of aromatic nitrogens is 2. The minimum atomic E-state index is -5.17. The normalized spacial score (nSPS) is 12.1. The SMILES string of the molecule is NC(=O)Cc1nc(C(F)(F)F)c(Oc2cccc(C(F)(F)F)c2)c(=O)[nH]1. The summed E-state index contributed by atoms with van der Waals surface area (Å²) in [5.41, 5.74) is 0.425. The van der Waals surface area contributed by atoms with Gasteiger partial charge in [0.05, 0.1) is 12.0 Å². The molecule has 1 heterocycles. The highest BCUT2D eigenvalue weighted by Gasteiger charge is 2.39. The summed E-state index contributed by atoms with van der Waals surface area (Å²) in [5.74, 6) is -3.72. The summed E-state index contributed by atoms with van der Waals surface area (Å²) in [4.78, 5) is 27.6. The smallest absolute Gasteiger partial charge is 0.437 e. The molecule has 0 aliphatic carbocycles. The molecule has 0 atom stereocenters. The number of halogens is 6. The van der Waals surface area contributed by atoms with Gasteiger partial charge in [-0.25, -0.2) is 4.98 Å². The van der Waals surface area contributed by atoms with E-state index < -0.39 is 58.8 Å². The number of ether oxygens (including phenoxy) is 1. The average Bonchev–Trinajstić information content (AvgIpc) is 2.47. The highest BCUT2D eigenvalue weighted by Crippen LogP contribution is 2.36. The highest BCUT2D eigenvalue weighted by atomic mass is 19.4. The van der Waals surface area contributed by atoms with Crippen molar-refractivity contribution in [3.63, 3.8) is 0 Å². The van der Waals surface area contributed by atoms with Crippen molar-refractivity contribution < 1.29 is 35.9 Å². The van der Waals surface area contributed by atoms with Crippen LogP contribution in [-0.4, -0.2) is 15.9 Å².